The molecule has 1 fully saturated rings. The predicted octanol–water partition coefficient (Wildman–Crippen LogP) is 4.93. The van der Waals surface area contributed by atoms with Gasteiger partial charge in [-0.05, 0) is 61.8 Å². The van der Waals surface area contributed by atoms with Crippen molar-refractivity contribution < 1.29 is 4.39 Å². The molecule has 0 N–H and O–H groups in total. The third-order valence-electron chi connectivity index (χ3n) is 3.00. The Kier molecular flexibility index (Phi) is 4.26. The molecule has 0 aromatic heterocycles. The molecule has 1 aliphatic rings. The van der Waals surface area contributed by atoms with Crippen LogP contribution in [0.15, 0.2) is 22.7 Å². The molecule has 88 valence electrons. The molecule has 0 saturated heterocycles. The Morgan fingerprint density at radius 1 is 1.38 bits per heavy atom. The molecule has 2 rings (SSSR count). The molecule has 0 amide bonds. The molecule has 3 heteroatoms. The van der Waals surface area contributed by atoms with Gasteiger partial charge in [0.05, 0.1) is 0 Å². The van der Waals surface area contributed by atoms with Gasteiger partial charge in [0.25, 0.3) is 0 Å². The molecule has 1 atom stereocenters. The first-order chi connectivity index (χ1) is 7.65. The third kappa shape index (κ3) is 3.74. The lowest BCUT2D eigenvalue weighted by molar-refractivity contribution is 0.616. The minimum absolute atomic E-state index is 0.172. The molecule has 1 aliphatic carbocycles. The number of hydrogen-bond acceptors (Lipinski definition) is 0. The van der Waals surface area contributed by atoms with Crippen molar-refractivity contribution in [1.29, 1.82) is 0 Å². The molecule has 0 nitrogen and oxygen atoms in total. The van der Waals surface area contributed by atoms with Gasteiger partial charge < -0.3 is 0 Å². The number of aryl methyl sites for hydroxylation is 1. The summed E-state index contributed by atoms with van der Waals surface area (Å²) in [7, 11) is 0. The van der Waals surface area contributed by atoms with E-state index in [-0.39, 0.29) is 5.82 Å². The van der Waals surface area contributed by atoms with E-state index in [1.165, 1.54) is 18.9 Å². The molecule has 0 radical (unpaired) electrons. The number of benzene rings is 1. The van der Waals surface area contributed by atoms with Gasteiger partial charge in [0.2, 0.25) is 0 Å². The van der Waals surface area contributed by atoms with Crippen LogP contribution in [0.25, 0.3) is 0 Å². The van der Waals surface area contributed by atoms with E-state index in [0.717, 1.165) is 35.2 Å². The van der Waals surface area contributed by atoms with Crippen molar-refractivity contribution in [2.45, 2.75) is 37.5 Å². The summed E-state index contributed by atoms with van der Waals surface area (Å²) in [5, 5.41) is 0.331. The highest BCUT2D eigenvalue weighted by Gasteiger charge is 2.28. The number of hydrogen-bond donors (Lipinski definition) is 0. The predicted molar refractivity (Wildman–Crippen MR) is 69.4 cm³/mol. The summed E-state index contributed by atoms with van der Waals surface area (Å²) >= 11 is 9.52. The van der Waals surface area contributed by atoms with E-state index in [2.05, 4.69) is 15.9 Å². The van der Waals surface area contributed by atoms with Gasteiger partial charge in [0.15, 0.2) is 0 Å². The van der Waals surface area contributed by atoms with E-state index in [0.29, 0.717) is 5.38 Å². The molecule has 1 saturated carbocycles. The van der Waals surface area contributed by atoms with Crippen LogP contribution in [0.2, 0.25) is 0 Å². The fourth-order valence-corrected chi connectivity index (χ4v) is 2.87. The summed E-state index contributed by atoms with van der Waals surface area (Å²) in [5.41, 5.74) is 1.05. The lowest BCUT2D eigenvalue weighted by Crippen LogP contribution is -2.01. The zero-order valence-electron chi connectivity index (χ0n) is 9.06. The van der Waals surface area contributed by atoms with Crippen molar-refractivity contribution in [3.8, 4) is 0 Å². The molecule has 1 aromatic carbocycles. The van der Waals surface area contributed by atoms with Crippen LogP contribution < -0.4 is 0 Å². The zero-order valence-corrected chi connectivity index (χ0v) is 11.4. The molecule has 16 heavy (non-hydrogen) atoms. The summed E-state index contributed by atoms with van der Waals surface area (Å²) < 4.78 is 13.9. The van der Waals surface area contributed by atoms with E-state index in [1.807, 2.05) is 6.07 Å². The number of alkyl halides is 1. The van der Waals surface area contributed by atoms with E-state index < -0.39 is 0 Å². The fourth-order valence-electron chi connectivity index (χ4n) is 1.95. The summed E-state index contributed by atoms with van der Waals surface area (Å²) in [5.74, 6) is 0.579. The maximum atomic E-state index is 13.1. The first-order valence-electron chi connectivity index (χ1n) is 5.74. The molecule has 1 unspecified atom stereocenters. The average molecular weight is 306 g/mol. The lowest BCUT2D eigenvalue weighted by atomic mass is 10.1. The zero-order chi connectivity index (χ0) is 11.5. The lowest BCUT2D eigenvalue weighted by Gasteiger charge is -2.07. The van der Waals surface area contributed by atoms with Gasteiger partial charge in [-0.2, -0.15) is 0 Å². The molecule has 0 heterocycles. The van der Waals surface area contributed by atoms with Crippen molar-refractivity contribution in [2.75, 3.05) is 0 Å². The Morgan fingerprint density at radius 2 is 2.12 bits per heavy atom. The normalized spacial score (nSPS) is 17.4. The number of halogens is 3. The van der Waals surface area contributed by atoms with E-state index in [9.17, 15) is 4.39 Å². The maximum Gasteiger partial charge on any atom is 0.124 e. The van der Waals surface area contributed by atoms with Gasteiger partial charge in [-0.3, -0.25) is 0 Å². The van der Waals surface area contributed by atoms with Crippen molar-refractivity contribution in [2.24, 2.45) is 5.92 Å². The minimum Gasteiger partial charge on any atom is -0.207 e. The Morgan fingerprint density at radius 3 is 2.75 bits per heavy atom. The molecular formula is C13H15BrClF. The van der Waals surface area contributed by atoms with Crippen LogP contribution in [0.5, 0.6) is 0 Å². The van der Waals surface area contributed by atoms with Crippen molar-refractivity contribution in [3.05, 3.63) is 34.1 Å². The van der Waals surface area contributed by atoms with Crippen LogP contribution in [0.1, 0.15) is 31.2 Å². The second-order valence-corrected chi connectivity index (χ2v) is 6.00. The van der Waals surface area contributed by atoms with Crippen molar-refractivity contribution in [1.82, 2.24) is 0 Å². The Hall–Kier alpha value is -0.0800. The largest absolute Gasteiger partial charge is 0.207 e. The SMILES string of the molecule is Fc1cc(Br)cc(CCCC(Cl)C2CC2)c1. The van der Waals surface area contributed by atoms with Crippen LogP contribution in [0.3, 0.4) is 0 Å². The van der Waals surface area contributed by atoms with Crippen molar-refractivity contribution >= 4 is 27.5 Å². The molecule has 0 spiro atoms. The molecule has 0 bridgehead atoms. The minimum atomic E-state index is -0.172. The smallest absolute Gasteiger partial charge is 0.124 e. The monoisotopic (exact) mass is 304 g/mol. The van der Waals surface area contributed by atoms with Crippen LogP contribution in [0.4, 0.5) is 4.39 Å². The van der Waals surface area contributed by atoms with Crippen LogP contribution in [-0.4, -0.2) is 5.38 Å². The van der Waals surface area contributed by atoms with Gasteiger partial charge in [-0.15, -0.1) is 11.6 Å². The van der Waals surface area contributed by atoms with Gasteiger partial charge >= 0.3 is 0 Å². The Balaban J connectivity index is 1.79. The van der Waals surface area contributed by atoms with E-state index >= 15 is 0 Å². The fraction of sp³-hybridized carbons (Fsp3) is 0.538. The summed E-state index contributed by atoms with van der Waals surface area (Å²) in [4.78, 5) is 0. The summed E-state index contributed by atoms with van der Waals surface area (Å²) in [6.45, 7) is 0. The standard InChI is InChI=1S/C13H15BrClF/c14-11-6-9(7-12(16)8-11)2-1-3-13(15)10-4-5-10/h6-8,10,13H,1-5H2. The van der Waals surface area contributed by atoms with E-state index in [4.69, 9.17) is 11.6 Å². The third-order valence-corrected chi connectivity index (χ3v) is 4.03. The Labute approximate surface area is 109 Å². The molecule has 0 aliphatic heterocycles. The first kappa shape index (κ1) is 12.4. The van der Waals surface area contributed by atoms with Gasteiger partial charge in [0, 0.05) is 9.85 Å². The van der Waals surface area contributed by atoms with Gasteiger partial charge in [0.1, 0.15) is 5.82 Å². The number of rotatable bonds is 5. The Bertz CT molecular complexity index is 343. The first-order valence-corrected chi connectivity index (χ1v) is 6.97. The van der Waals surface area contributed by atoms with Crippen LogP contribution in [-0.2, 0) is 6.42 Å². The highest BCUT2D eigenvalue weighted by atomic mass is 79.9. The second-order valence-electron chi connectivity index (χ2n) is 4.52. The van der Waals surface area contributed by atoms with Gasteiger partial charge in [-0.25, -0.2) is 4.39 Å². The topological polar surface area (TPSA) is 0 Å². The van der Waals surface area contributed by atoms with Gasteiger partial charge in [-0.1, -0.05) is 15.9 Å². The molecular weight excluding hydrogens is 290 g/mol. The maximum absolute atomic E-state index is 13.1. The van der Waals surface area contributed by atoms with E-state index in [1.54, 1.807) is 6.07 Å². The summed E-state index contributed by atoms with van der Waals surface area (Å²) in [6, 6.07) is 5.06. The second kappa shape index (κ2) is 5.50. The van der Waals surface area contributed by atoms with Crippen LogP contribution in [0, 0.1) is 11.7 Å². The quantitative estimate of drug-likeness (QED) is 0.677. The highest BCUT2D eigenvalue weighted by molar-refractivity contribution is 9.10. The molecule has 1 aromatic rings. The average Bonchev–Trinajstić information content (AvgIpc) is 2.98. The summed E-state index contributed by atoms with van der Waals surface area (Å²) in [6.07, 6.45) is 5.58. The van der Waals surface area contributed by atoms with Crippen molar-refractivity contribution in [3.63, 3.8) is 0 Å². The van der Waals surface area contributed by atoms with Crippen LogP contribution >= 0.6 is 27.5 Å². The highest BCUT2D eigenvalue weighted by Crippen LogP contribution is 2.37.